The molecular formula is C13H19ClN4S. The van der Waals surface area contributed by atoms with Gasteiger partial charge in [0.2, 0.25) is 0 Å². The molecule has 2 aromatic rings. The van der Waals surface area contributed by atoms with Crippen LogP contribution in [0.3, 0.4) is 0 Å². The fourth-order valence-electron chi connectivity index (χ4n) is 2.93. The average Bonchev–Trinajstić information content (AvgIpc) is 2.91. The first-order chi connectivity index (χ1) is 9.22. The summed E-state index contributed by atoms with van der Waals surface area (Å²) in [6.07, 6.45) is 3.27. The first kappa shape index (κ1) is 13.3. The molecule has 0 N–H and O–H groups in total. The van der Waals surface area contributed by atoms with Crippen molar-refractivity contribution in [2.45, 2.75) is 32.2 Å². The molecule has 3 heterocycles. The lowest BCUT2D eigenvalue weighted by Gasteiger charge is -2.25. The monoisotopic (exact) mass is 298 g/mol. The van der Waals surface area contributed by atoms with Gasteiger partial charge in [-0.25, -0.2) is 4.98 Å². The van der Waals surface area contributed by atoms with Gasteiger partial charge in [-0.05, 0) is 31.3 Å². The van der Waals surface area contributed by atoms with E-state index in [1.165, 1.54) is 24.3 Å². The minimum Gasteiger partial charge on any atom is -0.310 e. The highest BCUT2D eigenvalue weighted by Crippen LogP contribution is 2.32. The van der Waals surface area contributed by atoms with Crippen LogP contribution in [-0.4, -0.2) is 36.7 Å². The Morgan fingerprint density at radius 1 is 1.37 bits per heavy atom. The van der Waals surface area contributed by atoms with E-state index in [1.807, 2.05) is 30.4 Å². The van der Waals surface area contributed by atoms with E-state index >= 15 is 0 Å². The van der Waals surface area contributed by atoms with Gasteiger partial charge in [0.05, 0.1) is 5.69 Å². The van der Waals surface area contributed by atoms with E-state index in [4.69, 9.17) is 16.6 Å². The van der Waals surface area contributed by atoms with Crippen molar-refractivity contribution in [3.8, 4) is 0 Å². The molecule has 3 rings (SSSR count). The fourth-order valence-corrected chi connectivity index (χ4v) is 4.18. The molecule has 0 aromatic carbocycles. The number of halogens is 1. The van der Waals surface area contributed by atoms with Crippen LogP contribution in [0.15, 0.2) is 0 Å². The molecule has 1 fully saturated rings. The summed E-state index contributed by atoms with van der Waals surface area (Å²) in [6.45, 7) is 2.03. The lowest BCUT2D eigenvalue weighted by Crippen LogP contribution is -2.19. The number of nitrogens with zero attached hydrogens (tertiary/aromatic N) is 4. The molecule has 6 heteroatoms. The van der Waals surface area contributed by atoms with Gasteiger partial charge in [0.15, 0.2) is 5.65 Å². The van der Waals surface area contributed by atoms with Crippen LogP contribution >= 0.6 is 23.4 Å². The van der Waals surface area contributed by atoms with Crippen LogP contribution in [-0.2, 0) is 13.5 Å². The van der Waals surface area contributed by atoms with Crippen LogP contribution in [0.2, 0.25) is 0 Å². The van der Waals surface area contributed by atoms with Crippen molar-refractivity contribution in [2.24, 2.45) is 7.05 Å². The smallest absolute Gasteiger partial charge is 0.158 e. The molecule has 1 aliphatic heterocycles. The van der Waals surface area contributed by atoms with Crippen molar-refractivity contribution in [2.75, 3.05) is 17.4 Å². The van der Waals surface area contributed by atoms with E-state index in [9.17, 15) is 0 Å². The zero-order valence-corrected chi connectivity index (χ0v) is 13.0. The predicted molar refractivity (Wildman–Crippen MR) is 81.3 cm³/mol. The molecule has 0 radical (unpaired) electrons. The third-order valence-electron chi connectivity index (χ3n) is 3.78. The molecule has 104 valence electrons. The molecular weight excluding hydrogens is 280 g/mol. The van der Waals surface area contributed by atoms with Crippen LogP contribution in [0.5, 0.6) is 0 Å². The quantitative estimate of drug-likeness (QED) is 0.817. The Balaban J connectivity index is 2.14. The van der Waals surface area contributed by atoms with Crippen LogP contribution in [0.1, 0.15) is 30.4 Å². The summed E-state index contributed by atoms with van der Waals surface area (Å²) in [5.74, 6) is 4.22. The summed E-state index contributed by atoms with van der Waals surface area (Å²) in [5, 5.41) is 4.50. The van der Waals surface area contributed by atoms with Gasteiger partial charge in [-0.2, -0.15) is 16.9 Å². The zero-order chi connectivity index (χ0) is 13.4. The summed E-state index contributed by atoms with van der Waals surface area (Å²) in [7, 11) is 2.01. The Labute approximate surface area is 122 Å². The number of thioether (sulfide) groups is 1. The van der Waals surface area contributed by atoms with Crippen molar-refractivity contribution in [1.29, 1.82) is 0 Å². The zero-order valence-electron chi connectivity index (χ0n) is 11.4. The SMILES string of the molecule is Cc1nn(C)c2c1nc(CCCl)n2C1CCSCC1. The topological polar surface area (TPSA) is 35.6 Å². The Bertz CT molecular complexity index is 583. The molecule has 1 saturated heterocycles. The molecule has 0 unspecified atom stereocenters. The first-order valence-electron chi connectivity index (χ1n) is 6.76. The molecule has 0 bridgehead atoms. The van der Waals surface area contributed by atoms with Gasteiger partial charge in [0, 0.05) is 25.4 Å². The highest BCUT2D eigenvalue weighted by molar-refractivity contribution is 7.99. The average molecular weight is 299 g/mol. The maximum Gasteiger partial charge on any atom is 0.158 e. The number of hydrogen-bond acceptors (Lipinski definition) is 3. The second kappa shape index (κ2) is 5.37. The van der Waals surface area contributed by atoms with Crippen LogP contribution in [0, 0.1) is 6.92 Å². The Morgan fingerprint density at radius 2 is 2.11 bits per heavy atom. The predicted octanol–water partition coefficient (Wildman–Crippen LogP) is 2.93. The van der Waals surface area contributed by atoms with Crippen molar-refractivity contribution >= 4 is 34.5 Å². The third-order valence-corrected chi connectivity index (χ3v) is 5.02. The van der Waals surface area contributed by atoms with Crippen molar-refractivity contribution in [3.63, 3.8) is 0 Å². The molecule has 1 aliphatic rings. The number of aryl methyl sites for hydroxylation is 3. The van der Waals surface area contributed by atoms with Gasteiger partial charge in [0.1, 0.15) is 11.3 Å². The van der Waals surface area contributed by atoms with E-state index < -0.39 is 0 Å². The molecule has 0 atom stereocenters. The summed E-state index contributed by atoms with van der Waals surface area (Å²) in [6, 6.07) is 0.555. The van der Waals surface area contributed by atoms with Gasteiger partial charge >= 0.3 is 0 Å². The third kappa shape index (κ3) is 2.27. The maximum atomic E-state index is 5.94. The van der Waals surface area contributed by atoms with Gasteiger partial charge in [0.25, 0.3) is 0 Å². The number of hydrogen-bond donors (Lipinski definition) is 0. The summed E-state index contributed by atoms with van der Waals surface area (Å²) in [4.78, 5) is 4.79. The summed E-state index contributed by atoms with van der Waals surface area (Å²) >= 11 is 7.99. The standard InChI is InChI=1S/C13H19ClN4S/c1-9-12-13(17(2)16-9)18(11(15-12)3-6-14)10-4-7-19-8-5-10/h10H,3-8H2,1-2H3. The molecule has 19 heavy (non-hydrogen) atoms. The number of fused-ring (bicyclic) bond motifs is 1. The van der Waals surface area contributed by atoms with E-state index in [2.05, 4.69) is 9.67 Å². The normalized spacial score (nSPS) is 17.4. The van der Waals surface area contributed by atoms with E-state index in [1.54, 1.807) is 0 Å². The number of imidazole rings is 1. The van der Waals surface area contributed by atoms with Crippen LogP contribution in [0.4, 0.5) is 0 Å². The van der Waals surface area contributed by atoms with E-state index in [-0.39, 0.29) is 0 Å². The molecule has 0 saturated carbocycles. The Hall–Kier alpha value is -0.680. The minimum atomic E-state index is 0.555. The van der Waals surface area contributed by atoms with Gasteiger partial charge in [-0.3, -0.25) is 4.68 Å². The first-order valence-corrected chi connectivity index (χ1v) is 8.45. The lowest BCUT2D eigenvalue weighted by atomic mass is 10.1. The van der Waals surface area contributed by atoms with Crippen molar-refractivity contribution in [1.82, 2.24) is 19.3 Å². The number of aromatic nitrogens is 4. The van der Waals surface area contributed by atoms with Crippen molar-refractivity contribution < 1.29 is 0 Å². The number of alkyl halides is 1. The molecule has 0 spiro atoms. The maximum absolute atomic E-state index is 5.94. The summed E-state index contributed by atoms with van der Waals surface area (Å²) < 4.78 is 4.37. The fraction of sp³-hybridized carbons (Fsp3) is 0.692. The molecule has 0 amide bonds. The number of rotatable bonds is 3. The highest BCUT2D eigenvalue weighted by Gasteiger charge is 2.24. The Morgan fingerprint density at radius 3 is 2.79 bits per heavy atom. The molecule has 0 aliphatic carbocycles. The summed E-state index contributed by atoms with van der Waals surface area (Å²) in [5.41, 5.74) is 3.22. The van der Waals surface area contributed by atoms with E-state index in [0.717, 1.165) is 29.1 Å². The van der Waals surface area contributed by atoms with Crippen molar-refractivity contribution in [3.05, 3.63) is 11.5 Å². The second-order valence-corrected chi connectivity index (χ2v) is 6.66. The minimum absolute atomic E-state index is 0.555. The second-order valence-electron chi connectivity index (χ2n) is 5.06. The van der Waals surface area contributed by atoms with E-state index in [0.29, 0.717) is 11.9 Å². The van der Waals surface area contributed by atoms with Gasteiger partial charge in [-0.15, -0.1) is 11.6 Å². The molecule has 2 aromatic heterocycles. The highest BCUT2D eigenvalue weighted by atomic mass is 35.5. The van der Waals surface area contributed by atoms with Crippen LogP contribution in [0.25, 0.3) is 11.2 Å². The van der Waals surface area contributed by atoms with Gasteiger partial charge < -0.3 is 4.57 Å². The van der Waals surface area contributed by atoms with Gasteiger partial charge in [-0.1, -0.05) is 0 Å². The molecule has 4 nitrogen and oxygen atoms in total. The lowest BCUT2D eigenvalue weighted by molar-refractivity contribution is 0.458. The Kier molecular flexibility index (Phi) is 3.76. The largest absolute Gasteiger partial charge is 0.310 e. The van der Waals surface area contributed by atoms with Crippen LogP contribution < -0.4 is 0 Å².